The van der Waals surface area contributed by atoms with Crippen LogP contribution in [0.3, 0.4) is 0 Å². The lowest BCUT2D eigenvalue weighted by molar-refractivity contribution is 1.18. The summed E-state index contributed by atoms with van der Waals surface area (Å²) in [5.41, 5.74) is 16.2. The van der Waals surface area contributed by atoms with Crippen molar-refractivity contribution in [1.29, 1.82) is 0 Å². The standard InChI is InChI=1S/C62H42N2/c1-3-19-43(20-4-1)51-27-9-10-28-54(51)55-29-11-12-30-56(55)57-31-13-15-35-60(57)63(49-39-40-52-46(42-49)38-37-44-21-7-8-26-50(44)52)48-25-17-22-45(41-48)53-33-18-34-59-58-32-14-16-36-61(58)64(62(53)59)47-23-5-2-6-24-47/h1-42H. The summed E-state index contributed by atoms with van der Waals surface area (Å²) in [4.78, 5) is 2.46. The predicted molar refractivity (Wildman–Crippen MR) is 272 cm³/mol. The molecule has 12 rings (SSSR count). The van der Waals surface area contributed by atoms with Gasteiger partial charge in [-0.1, -0.05) is 206 Å². The van der Waals surface area contributed by atoms with Gasteiger partial charge in [0.2, 0.25) is 0 Å². The third kappa shape index (κ3) is 6.35. The van der Waals surface area contributed by atoms with Crippen molar-refractivity contribution < 1.29 is 0 Å². The smallest absolute Gasteiger partial charge is 0.0619 e. The maximum atomic E-state index is 2.46. The van der Waals surface area contributed by atoms with E-state index in [1.165, 1.54) is 76.7 Å². The fourth-order valence-corrected chi connectivity index (χ4v) is 9.91. The van der Waals surface area contributed by atoms with Gasteiger partial charge in [-0.3, -0.25) is 0 Å². The Balaban J connectivity index is 1.09. The van der Waals surface area contributed by atoms with E-state index < -0.39 is 0 Å². The summed E-state index contributed by atoms with van der Waals surface area (Å²) in [5, 5.41) is 7.42. The lowest BCUT2D eigenvalue weighted by Gasteiger charge is -2.29. The molecule has 0 fully saturated rings. The summed E-state index contributed by atoms with van der Waals surface area (Å²) >= 11 is 0. The molecule has 0 saturated carbocycles. The molecule has 1 heterocycles. The van der Waals surface area contributed by atoms with Gasteiger partial charge in [0.1, 0.15) is 0 Å². The first-order chi connectivity index (χ1) is 31.8. The molecule has 0 spiro atoms. The van der Waals surface area contributed by atoms with Crippen molar-refractivity contribution in [3.8, 4) is 50.2 Å². The zero-order valence-electron chi connectivity index (χ0n) is 35.1. The van der Waals surface area contributed by atoms with E-state index in [0.717, 1.165) is 33.9 Å². The first-order valence-electron chi connectivity index (χ1n) is 22.0. The Bertz CT molecular complexity index is 3680. The maximum Gasteiger partial charge on any atom is 0.0619 e. The predicted octanol–water partition coefficient (Wildman–Crippen LogP) is 17.2. The third-order valence-electron chi connectivity index (χ3n) is 12.8. The van der Waals surface area contributed by atoms with Crippen LogP contribution >= 0.6 is 0 Å². The zero-order valence-corrected chi connectivity index (χ0v) is 35.1. The van der Waals surface area contributed by atoms with Crippen molar-refractivity contribution in [2.45, 2.75) is 0 Å². The van der Waals surface area contributed by atoms with E-state index in [2.05, 4.69) is 264 Å². The third-order valence-corrected chi connectivity index (χ3v) is 12.8. The van der Waals surface area contributed by atoms with Gasteiger partial charge in [-0.2, -0.15) is 0 Å². The molecule has 0 aliphatic carbocycles. The number of hydrogen-bond acceptors (Lipinski definition) is 1. The van der Waals surface area contributed by atoms with Crippen LogP contribution in [0.4, 0.5) is 17.1 Å². The minimum absolute atomic E-state index is 1.08. The van der Waals surface area contributed by atoms with E-state index in [-0.39, 0.29) is 0 Å². The number of aromatic nitrogens is 1. The zero-order chi connectivity index (χ0) is 42.4. The fourth-order valence-electron chi connectivity index (χ4n) is 9.91. The molecule has 0 atom stereocenters. The number of fused-ring (bicyclic) bond motifs is 6. The number of anilines is 3. The Morgan fingerprint density at radius 1 is 0.281 bits per heavy atom. The summed E-state index contributed by atoms with van der Waals surface area (Å²) in [6.45, 7) is 0. The van der Waals surface area contributed by atoms with Crippen LogP contribution in [0.2, 0.25) is 0 Å². The van der Waals surface area contributed by atoms with E-state index in [0.29, 0.717) is 0 Å². The second-order valence-corrected chi connectivity index (χ2v) is 16.4. The Morgan fingerprint density at radius 3 is 1.62 bits per heavy atom. The van der Waals surface area contributed by atoms with Gasteiger partial charge in [0, 0.05) is 39.0 Å². The van der Waals surface area contributed by atoms with Gasteiger partial charge >= 0.3 is 0 Å². The molecule has 0 aliphatic rings. The molecule has 64 heavy (non-hydrogen) atoms. The molecule has 11 aromatic carbocycles. The first-order valence-corrected chi connectivity index (χ1v) is 22.0. The van der Waals surface area contributed by atoms with Crippen molar-refractivity contribution in [3.05, 3.63) is 255 Å². The van der Waals surface area contributed by atoms with E-state index in [1.54, 1.807) is 0 Å². The van der Waals surface area contributed by atoms with Crippen molar-refractivity contribution >= 4 is 60.4 Å². The van der Waals surface area contributed by atoms with Gasteiger partial charge in [-0.25, -0.2) is 0 Å². The summed E-state index contributed by atoms with van der Waals surface area (Å²) in [5.74, 6) is 0. The van der Waals surface area contributed by atoms with Crippen molar-refractivity contribution in [1.82, 2.24) is 4.57 Å². The highest BCUT2D eigenvalue weighted by Crippen LogP contribution is 2.47. The van der Waals surface area contributed by atoms with Crippen molar-refractivity contribution in [3.63, 3.8) is 0 Å². The van der Waals surface area contributed by atoms with E-state index in [9.17, 15) is 0 Å². The number of hydrogen-bond donors (Lipinski definition) is 0. The van der Waals surface area contributed by atoms with Crippen molar-refractivity contribution in [2.75, 3.05) is 4.90 Å². The lowest BCUT2D eigenvalue weighted by atomic mass is 9.88. The first kappa shape index (κ1) is 37.3. The molecule has 0 amide bonds. The molecule has 0 aliphatic heterocycles. The van der Waals surface area contributed by atoms with E-state index >= 15 is 0 Å². The monoisotopic (exact) mass is 814 g/mol. The minimum Gasteiger partial charge on any atom is -0.310 e. The maximum absolute atomic E-state index is 2.46. The van der Waals surface area contributed by atoms with Crippen LogP contribution in [0.5, 0.6) is 0 Å². The van der Waals surface area contributed by atoms with Gasteiger partial charge in [0.05, 0.1) is 16.7 Å². The summed E-state index contributed by atoms with van der Waals surface area (Å²) in [7, 11) is 0. The second kappa shape index (κ2) is 15.8. The summed E-state index contributed by atoms with van der Waals surface area (Å²) in [6, 6.07) is 92.8. The van der Waals surface area contributed by atoms with Crippen LogP contribution in [0.15, 0.2) is 255 Å². The average Bonchev–Trinajstić information content (AvgIpc) is 3.72. The molecule has 0 unspecified atom stereocenters. The molecule has 0 bridgehead atoms. The Hall–Kier alpha value is -8.46. The Morgan fingerprint density at radius 2 is 0.812 bits per heavy atom. The molecule has 1 aromatic heterocycles. The number of rotatable bonds is 8. The number of para-hydroxylation sites is 4. The Kier molecular flexibility index (Phi) is 9.20. The Labute approximate surface area is 373 Å². The molecular weight excluding hydrogens is 773 g/mol. The SMILES string of the molecule is c1ccc(-c2ccccc2-c2ccccc2-c2ccccc2N(c2cccc(-c3cccc4c5ccccc5n(-c5ccccc5)c34)c2)c2ccc3c(ccc4ccccc43)c2)cc1. The summed E-state index contributed by atoms with van der Waals surface area (Å²) < 4.78 is 2.43. The van der Waals surface area contributed by atoms with Gasteiger partial charge in [0.25, 0.3) is 0 Å². The molecule has 0 saturated heterocycles. The molecule has 2 heteroatoms. The molecule has 2 nitrogen and oxygen atoms in total. The van der Waals surface area contributed by atoms with Crippen LogP contribution in [-0.4, -0.2) is 4.57 Å². The minimum atomic E-state index is 1.08. The molecule has 0 radical (unpaired) electrons. The average molecular weight is 815 g/mol. The highest BCUT2D eigenvalue weighted by Gasteiger charge is 2.22. The second-order valence-electron chi connectivity index (χ2n) is 16.4. The molecular formula is C62H42N2. The fraction of sp³-hybridized carbons (Fsp3) is 0. The highest BCUT2D eigenvalue weighted by atomic mass is 15.1. The van der Waals surface area contributed by atoms with E-state index in [4.69, 9.17) is 0 Å². The van der Waals surface area contributed by atoms with Crippen LogP contribution in [0.25, 0.3) is 93.5 Å². The van der Waals surface area contributed by atoms with Crippen LogP contribution in [0, 0.1) is 0 Å². The van der Waals surface area contributed by atoms with Gasteiger partial charge < -0.3 is 9.47 Å². The topological polar surface area (TPSA) is 8.17 Å². The van der Waals surface area contributed by atoms with E-state index in [1.807, 2.05) is 0 Å². The van der Waals surface area contributed by atoms with Gasteiger partial charge in [0.15, 0.2) is 0 Å². The van der Waals surface area contributed by atoms with Crippen LogP contribution in [0.1, 0.15) is 0 Å². The molecule has 0 N–H and O–H groups in total. The quantitative estimate of drug-likeness (QED) is 0.139. The van der Waals surface area contributed by atoms with Gasteiger partial charge in [-0.05, 0) is 103 Å². The highest BCUT2D eigenvalue weighted by molar-refractivity contribution is 6.14. The molecule has 300 valence electrons. The number of nitrogens with zero attached hydrogens (tertiary/aromatic N) is 2. The van der Waals surface area contributed by atoms with Crippen LogP contribution in [-0.2, 0) is 0 Å². The van der Waals surface area contributed by atoms with Crippen molar-refractivity contribution in [2.24, 2.45) is 0 Å². The van der Waals surface area contributed by atoms with Crippen LogP contribution < -0.4 is 4.90 Å². The lowest BCUT2D eigenvalue weighted by Crippen LogP contribution is -2.11. The number of benzene rings is 11. The van der Waals surface area contributed by atoms with Gasteiger partial charge in [-0.15, -0.1) is 0 Å². The largest absolute Gasteiger partial charge is 0.310 e. The summed E-state index contributed by atoms with van der Waals surface area (Å²) in [6.07, 6.45) is 0. The molecule has 12 aromatic rings. The normalized spacial score (nSPS) is 11.4.